The van der Waals surface area contributed by atoms with Crippen molar-refractivity contribution in [3.63, 3.8) is 0 Å². The summed E-state index contributed by atoms with van der Waals surface area (Å²) in [5.74, 6) is 1.61. The minimum atomic E-state index is 0. The van der Waals surface area contributed by atoms with Crippen LogP contribution in [0.3, 0.4) is 0 Å². The van der Waals surface area contributed by atoms with Gasteiger partial charge in [0.15, 0.2) is 11.5 Å². The van der Waals surface area contributed by atoms with E-state index in [2.05, 4.69) is 36.3 Å². The average molecular weight is 301 g/mol. The highest BCUT2D eigenvalue weighted by Gasteiger charge is 2.20. The number of nitrogens with zero attached hydrogens (tertiary/aromatic N) is 1. The summed E-state index contributed by atoms with van der Waals surface area (Å²) >= 11 is 0. The second-order valence-electron chi connectivity index (χ2n) is 5.20. The van der Waals surface area contributed by atoms with Crippen molar-refractivity contribution >= 4 is 12.4 Å². The Labute approximate surface area is 127 Å². The van der Waals surface area contributed by atoms with E-state index in [1.54, 1.807) is 14.2 Å². The van der Waals surface area contributed by atoms with Crippen LogP contribution in [0.25, 0.3) is 0 Å². The van der Waals surface area contributed by atoms with E-state index in [0.29, 0.717) is 6.04 Å². The maximum atomic E-state index is 5.38. The first-order valence-electron chi connectivity index (χ1n) is 6.78. The molecular weight excluding hydrogens is 276 g/mol. The summed E-state index contributed by atoms with van der Waals surface area (Å²) in [5.41, 5.74) is 2.54. The Morgan fingerprint density at radius 3 is 2.45 bits per heavy atom. The standard InChI is InChI=1S/C15H24N2O2.ClH/c1-11-7-14(18-3)15(19-4)8-12(11)10-17(2)13-5-6-16-9-13;/h7-8,13,16H,5-6,9-10H2,1-4H3;1H. The molecule has 0 saturated carbocycles. The van der Waals surface area contributed by atoms with Crippen LogP contribution in [-0.2, 0) is 6.54 Å². The zero-order chi connectivity index (χ0) is 13.8. The topological polar surface area (TPSA) is 33.7 Å². The Morgan fingerprint density at radius 1 is 1.25 bits per heavy atom. The number of hydrogen-bond acceptors (Lipinski definition) is 4. The summed E-state index contributed by atoms with van der Waals surface area (Å²) < 4.78 is 10.7. The molecule has 0 bridgehead atoms. The SMILES string of the molecule is COc1cc(C)c(CN(C)C2CCNC2)cc1OC.Cl. The van der Waals surface area contributed by atoms with Crippen LogP contribution in [0.5, 0.6) is 11.5 Å². The Hall–Kier alpha value is -0.970. The summed E-state index contributed by atoms with van der Waals surface area (Å²) in [5, 5.41) is 3.41. The number of aryl methyl sites for hydroxylation is 1. The smallest absolute Gasteiger partial charge is 0.161 e. The first-order valence-corrected chi connectivity index (χ1v) is 6.78. The van der Waals surface area contributed by atoms with E-state index in [-0.39, 0.29) is 12.4 Å². The van der Waals surface area contributed by atoms with E-state index in [0.717, 1.165) is 31.1 Å². The molecule has 5 heteroatoms. The molecule has 0 aromatic heterocycles. The van der Waals surface area contributed by atoms with Gasteiger partial charge in [-0.05, 0) is 50.2 Å². The zero-order valence-corrected chi connectivity index (χ0v) is 13.5. The summed E-state index contributed by atoms with van der Waals surface area (Å²) in [4.78, 5) is 2.41. The molecular formula is C15H25ClN2O2. The number of benzene rings is 1. The monoisotopic (exact) mass is 300 g/mol. The van der Waals surface area contributed by atoms with E-state index in [1.165, 1.54) is 17.5 Å². The van der Waals surface area contributed by atoms with Crippen molar-refractivity contribution in [1.82, 2.24) is 10.2 Å². The Balaban J connectivity index is 0.00000200. The van der Waals surface area contributed by atoms with Crippen LogP contribution in [-0.4, -0.2) is 45.3 Å². The molecule has 1 heterocycles. The summed E-state index contributed by atoms with van der Waals surface area (Å²) in [6, 6.07) is 4.77. The minimum absolute atomic E-state index is 0. The van der Waals surface area contributed by atoms with Gasteiger partial charge in [-0.25, -0.2) is 0 Å². The highest BCUT2D eigenvalue weighted by atomic mass is 35.5. The third-order valence-electron chi connectivity index (χ3n) is 3.92. The average Bonchev–Trinajstić information content (AvgIpc) is 2.94. The van der Waals surface area contributed by atoms with Crippen LogP contribution in [0.2, 0.25) is 0 Å². The predicted molar refractivity (Wildman–Crippen MR) is 84.3 cm³/mol. The largest absolute Gasteiger partial charge is 0.493 e. The lowest BCUT2D eigenvalue weighted by atomic mass is 10.1. The van der Waals surface area contributed by atoms with Gasteiger partial charge in [0.2, 0.25) is 0 Å². The normalized spacial score (nSPS) is 17.9. The van der Waals surface area contributed by atoms with Gasteiger partial charge in [-0.15, -0.1) is 12.4 Å². The van der Waals surface area contributed by atoms with Crippen molar-refractivity contribution in [3.05, 3.63) is 23.3 Å². The highest BCUT2D eigenvalue weighted by molar-refractivity contribution is 5.85. The van der Waals surface area contributed by atoms with Gasteiger partial charge in [0.25, 0.3) is 0 Å². The van der Waals surface area contributed by atoms with Gasteiger partial charge in [0, 0.05) is 19.1 Å². The third kappa shape index (κ3) is 3.78. The van der Waals surface area contributed by atoms with Crippen LogP contribution in [0.4, 0.5) is 0 Å². The molecule has 1 unspecified atom stereocenters. The number of likely N-dealkylation sites (N-methyl/N-ethyl adjacent to an activating group) is 1. The fourth-order valence-electron chi connectivity index (χ4n) is 2.61. The van der Waals surface area contributed by atoms with E-state index >= 15 is 0 Å². The molecule has 4 nitrogen and oxygen atoms in total. The van der Waals surface area contributed by atoms with Gasteiger partial charge < -0.3 is 14.8 Å². The number of hydrogen-bond donors (Lipinski definition) is 1. The first-order chi connectivity index (χ1) is 9.15. The molecule has 1 aliphatic rings. The van der Waals surface area contributed by atoms with Crippen molar-refractivity contribution in [2.45, 2.75) is 25.9 Å². The first kappa shape index (κ1) is 17.1. The van der Waals surface area contributed by atoms with Gasteiger partial charge in [0.05, 0.1) is 14.2 Å². The van der Waals surface area contributed by atoms with Crippen molar-refractivity contribution < 1.29 is 9.47 Å². The second-order valence-corrected chi connectivity index (χ2v) is 5.20. The second kappa shape index (κ2) is 7.72. The van der Waals surface area contributed by atoms with Gasteiger partial charge >= 0.3 is 0 Å². The van der Waals surface area contributed by atoms with E-state index in [1.807, 2.05) is 0 Å². The predicted octanol–water partition coefficient (Wildman–Crippen LogP) is 2.23. The highest BCUT2D eigenvalue weighted by Crippen LogP contribution is 2.31. The Kier molecular flexibility index (Phi) is 6.59. The summed E-state index contributed by atoms with van der Waals surface area (Å²) in [7, 11) is 5.54. The number of nitrogens with one attached hydrogen (secondary N) is 1. The van der Waals surface area contributed by atoms with Crippen LogP contribution in [0.1, 0.15) is 17.5 Å². The van der Waals surface area contributed by atoms with Crippen molar-refractivity contribution in [2.24, 2.45) is 0 Å². The molecule has 0 radical (unpaired) electrons. The quantitative estimate of drug-likeness (QED) is 0.904. The molecule has 20 heavy (non-hydrogen) atoms. The fraction of sp³-hybridized carbons (Fsp3) is 0.600. The lowest BCUT2D eigenvalue weighted by Gasteiger charge is -2.24. The van der Waals surface area contributed by atoms with Crippen molar-refractivity contribution in [3.8, 4) is 11.5 Å². The number of methoxy groups -OCH3 is 2. The lowest BCUT2D eigenvalue weighted by Crippen LogP contribution is -2.33. The van der Waals surface area contributed by atoms with Gasteiger partial charge in [-0.3, -0.25) is 4.90 Å². The maximum absolute atomic E-state index is 5.38. The number of rotatable bonds is 5. The molecule has 1 aromatic rings. The molecule has 0 amide bonds. The van der Waals surface area contributed by atoms with Gasteiger partial charge in [0.1, 0.15) is 0 Å². The van der Waals surface area contributed by atoms with Crippen LogP contribution in [0.15, 0.2) is 12.1 Å². The molecule has 1 N–H and O–H groups in total. The molecule has 1 aromatic carbocycles. The molecule has 2 rings (SSSR count). The third-order valence-corrected chi connectivity index (χ3v) is 3.92. The lowest BCUT2D eigenvalue weighted by molar-refractivity contribution is 0.248. The zero-order valence-electron chi connectivity index (χ0n) is 12.7. The minimum Gasteiger partial charge on any atom is -0.493 e. The van der Waals surface area contributed by atoms with Crippen LogP contribution >= 0.6 is 12.4 Å². The molecule has 0 aliphatic carbocycles. The summed E-state index contributed by atoms with van der Waals surface area (Å²) in [6.07, 6.45) is 1.23. The summed E-state index contributed by atoms with van der Waals surface area (Å²) in [6.45, 7) is 5.28. The van der Waals surface area contributed by atoms with Gasteiger partial charge in [-0.2, -0.15) is 0 Å². The van der Waals surface area contributed by atoms with E-state index in [4.69, 9.17) is 9.47 Å². The molecule has 1 saturated heterocycles. The van der Waals surface area contributed by atoms with Crippen molar-refractivity contribution in [2.75, 3.05) is 34.4 Å². The number of halogens is 1. The molecule has 0 spiro atoms. The fourth-order valence-corrected chi connectivity index (χ4v) is 2.61. The molecule has 114 valence electrons. The Bertz CT molecular complexity index is 434. The van der Waals surface area contributed by atoms with Crippen molar-refractivity contribution in [1.29, 1.82) is 0 Å². The van der Waals surface area contributed by atoms with E-state index < -0.39 is 0 Å². The van der Waals surface area contributed by atoms with Gasteiger partial charge in [-0.1, -0.05) is 0 Å². The molecule has 1 fully saturated rings. The number of ether oxygens (including phenoxy) is 2. The Morgan fingerprint density at radius 2 is 1.90 bits per heavy atom. The van der Waals surface area contributed by atoms with Crippen LogP contribution < -0.4 is 14.8 Å². The molecule has 1 aliphatic heterocycles. The van der Waals surface area contributed by atoms with E-state index in [9.17, 15) is 0 Å². The van der Waals surface area contributed by atoms with Crippen LogP contribution in [0, 0.1) is 6.92 Å². The molecule has 1 atom stereocenters. The maximum Gasteiger partial charge on any atom is 0.161 e.